The molecule has 2 fully saturated rings. The molecule has 7 heteroatoms. The molecule has 6 nitrogen and oxygen atoms in total. The zero-order valence-electron chi connectivity index (χ0n) is 18.6. The van der Waals surface area contributed by atoms with Crippen molar-refractivity contribution >= 4 is 40.5 Å². The summed E-state index contributed by atoms with van der Waals surface area (Å²) in [6.45, 7) is 1.99. The molecule has 0 aliphatic carbocycles. The molecule has 2 heterocycles. The first-order valence-corrected chi connectivity index (χ1v) is 11.2. The van der Waals surface area contributed by atoms with Crippen LogP contribution in [0.4, 0.5) is 17.1 Å². The van der Waals surface area contributed by atoms with Crippen molar-refractivity contribution < 1.29 is 14.4 Å². The van der Waals surface area contributed by atoms with Gasteiger partial charge in [0, 0.05) is 24.8 Å². The highest BCUT2D eigenvalue weighted by atomic mass is 35.5. The van der Waals surface area contributed by atoms with Crippen LogP contribution in [0.1, 0.15) is 17.2 Å². The third-order valence-corrected chi connectivity index (χ3v) is 6.56. The lowest BCUT2D eigenvalue weighted by molar-refractivity contribution is -0.126. The molecular formula is C26H24ClN3O3. The van der Waals surface area contributed by atoms with Crippen LogP contribution < -0.4 is 14.9 Å². The summed E-state index contributed by atoms with van der Waals surface area (Å²) in [6, 6.07) is 22.1. The third kappa shape index (κ3) is 3.56. The van der Waals surface area contributed by atoms with Gasteiger partial charge in [-0.1, -0.05) is 41.9 Å². The number of anilines is 3. The Kier molecular flexibility index (Phi) is 5.35. The van der Waals surface area contributed by atoms with E-state index in [0.29, 0.717) is 10.7 Å². The van der Waals surface area contributed by atoms with Crippen LogP contribution in [0.3, 0.4) is 0 Å². The smallest absolute Gasteiger partial charge is 0.266 e. The number of aryl methyl sites for hydroxylation is 1. The Hall–Kier alpha value is -3.35. The van der Waals surface area contributed by atoms with E-state index in [1.165, 1.54) is 4.90 Å². The summed E-state index contributed by atoms with van der Waals surface area (Å²) in [6.07, 6.45) is -0.897. The molecule has 2 aliphatic heterocycles. The quantitative estimate of drug-likeness (QED) is 0.524. The minimum Gasteiger partial charge on any atom is -0.378 e. The monoisotopic (exact) mass is 461 g/mol. The molecule has 3 atom stereocenters. The average Bonchev–Trinajstić information content (AvgIpc) is 3.31. The maximum Gasteiger partial charge on any atom is 0.266 e. The molecule has 5 rings (SSSR count). The number of nitrogens with zero attached hydrogens (tertiary/aromatic N) is 3. The summed E-state index contributed by atoms with van der Waals surface area (Å²) >= 11 is 6.00. The molecule has 2 aliphatic rings. The van der Waals surface area contributed by atoms with Crippen molar-refractivity contribution in [2.24, 2.45) is 5.92 Å². The molecule has 0 saturated carbocycles. The summed E-state index contributed by atoms with van der Waals surface area (Å²) in [5.74, 6) is -1.30. The van der Waals surface area contributed by atoms with E-state index < -0.39 is 18.1 Å². The van der Waals surface area contributed by atoms with Gasteiger partial charge in [-0.25, -0.2) is 9.96 Å². The van der Waals surface area contributed by atoms with Crippen LogP contribution in [0.5, 0.6) is 0 Å². The molecule has 33 heavy (non-hydrogen) atoms. The molecule has 0 N–H and O–H groups in total. The lowest BCUT2D eigenvalue weighted by Crippen LogP contribution is -2.37. The van der Waals surface area contributed by atoms with E-state index >= 15 is 0 Å². The highest BCUT2D eigenvalue weighted by Crippen LogP contribution is 2.48. The summed E-state index contributed by atoms with van der Waals surface area (Å²) in [5.41, 5.74) is 4.30. The Morgan fingerprint density at radius 1 is 0.879 bits per heavy atom. The number of hydrogen-bond acceptors (Lipinski definition) is 5. The van der Waals surface area contributed by atoms with E-state index in [2.05, 4.69) is 0 Å². The van der Waals surface area contributed by atoms with Crippen molar-refractivity contribution in [3.63, 3.8) is 0 Å². The van der Waals surface area contributed by atoms with Crippen LogP contribution >= 0.6 is 11.6 Å². The Morgan fingerprint density at radius 2 is 1.55 bits per heavy atom. The number of hydrogen-bond donors (Lipinski definition) is 0. The van der Waals surface area contributed by atoms with Gasteiger partial charge < -0.3 is 4.90 Å². The van der Waals surface area contributed by atoms with E-state index in [9.17, 15) is 9.59 Å². The molecule has 0 radical (unpaired) electrons. The zero-order chi connectivity index (χ0) is 23.3. The minimum absolute atomic E-state index is 0.273. The number of halogens is 1. The fourth-order valence-corrected chi connectivity index (χ4v) is 4.71. The van der Waals surface area contributed by atoms with Gasteiger partial charge in [0.05, 0.1) is 17.4 Å². The van der Waals surface area contributed by atoms with Gasteiger partial charge in [-0.15, -0.1) is 0 Å². The minimum atomic E-state index is -0.897. The number of carbonyl (C=O) groups is 2. The number of amides is 2. The molecule has 3 aromatic carbocycles. The second kappa shape index (κ2) is 8.21. The summed E-state index contributed by atoms with van der Waals surface area (Å²) in [4.78, 5) is 36.5. The van der Waals surface area contributed by atoms with E-state index in [4.69, 9.17) is 16.4 Å². The fraction of sp³-hybridized carbons (Fsp3) is 0.231. The highest BCUT2D eigenvalue weighted by molar-refractivity contribution is 6.31. The van der Waals surface area contributed by atoms with Crippen LogP contribution in [0.2, 0.25) is 5.02 Å². The second-order valence-corrected chi connectivity index (χ2v) is 9.02. The lowest BCUT2D eigenvalue weighted by Gasteiger charge is -2.30. The number of benzene rings is 3. The van der Waals surface area contributed by atoms with Gasteiger partial charge in [0.25, 0.3) is 5.91 Å². The summed E-state index contributed by atoms with van der Waals surface area (Å²) in [7, 11) is 3.96. The Bertz CT molecular complexity index is 1210. The van der Waals surface area contributed by atoms with E-state index in [1.807, 2.05) is 74.4 Å². The third-order valence-electron chi connectivity index (χ3n) is 6.30. The van der Waals surface area contributed by atoms with Crippen molar-refractivity contribution in [1.29, 1.82) is 0 Å². The Morgan fingerprint density at radius 3 is 2.18 bits per heavy atom. The van der Waals surface area contributed by atoms with Crippen LogP contribution in [0.15, 0.2) is 72.8 Å². The predicted octanol–water partition coefficient (Wildman–Crippen LogP) is 4.77. The molecule has 0 bridgehead atoms. The van der Waals surface area contributed by atoms with Gasteiger partial charge in [0.15, 0.2) is 6.10 Å². The molecule has 2 saturated heterocycles. The first-order chi connectivity index (χ1) is 15.9. The van der Waals surface area contributed by atoms with E-state index in [-0.39, 0.29) is 11.8 Å². The van der Waals surface area contributed by atoms with Crippen molar-refractivity contribution in [3.05, 3.63) is 88.9 Å². The largest absolute Gasteiger partial charge is 0.378 e. The normalized spacial score (nSPS) is 22.1. The van der Waals surface area contributed by atoms with Gasteiger partial charge in [0.1, 0.15) is 5.92 Å². The van der Waals surface area contributed by atoms with Gasteiger partial charge in [0.2, 0.25) is 5.91 Å². The van der Waals surface area contributed by atoms with Crippen LogP contribution in [0, 0.1) is 12.8 Å². The zero-order valence-corrected chi connectivity index (χ0v) is 19.4. The molecular weight excluding hydrogens is 438 g/mol. The van der Waals surface area contributed by atoms with Gasteiger partial charge in [-0.2, -0.15) is 0 Å². The van der Waals surface area contributed by atoms with Crippen LogP contribution in [0.25, 0.3) is 0 Å². The number of para-hydroxylation sites is 1. The Labute approximate surface area is 197 Å². The molecule has 2 amide bonds. The number of hydroxylamine groups is 1. The average molecular weight is 462 g/mol. The Balaban J connectivity index is 1.58. The molecule has 0 aromatic heterocycles. The SMILES string of the molecule is Cc1ccccc1N1O[C@@H]2C(=O)N(c3ccc(Cl)cc3)C(=O)[C@H]2[C@@H]1c1ccc(N(C)C)cc1. The van der Waals surface area contributed by atoms with Crippen molar-refractivity contribution in [1.82, 2.24) is 0 Å². The number of imide groups is 1. The van der Waals surface area contributed by atoms with Crippen molar-refractivity contribution in [3.8, 4) is 0 Å². The predicted molar refractivity (Wildman–Crippen MR) is 129 cm³/mol. The number of fused-ring (bicyclic) bond motifs is 1. The van der Waals surface area contributed by atoms with Crippen LogP contribution in [-0.2, 0) is 14.4 Å². The van der Waals surface area contributed by atoms with E-state index in [1.54, 1.807) is 29.3 Å². The molecule has 3 aromatic rings. The first-order valence-electron chi connectivity index (χ1n) is 10.8. The van der Waals surface area contributed by atoms with Crippen molar-refractivity contribution in [2.45, 2.75) is 19.1 Å². The lowest BCUT2D eigenvalue weighted by atomic mass is 9.90. The van der Waals surface area contributed by atoms with Crippen molar-refractivity contribution in [2.75, 3.05) is 29.0 Å². The maximum atomic E-state index is 13.7. The van der Waals surface area contributed by atoms with E-state index in [0.717, 1.165) is 22.5 Å². The molecule has 0 unspecified atom stereocenters. The fourth-order valence-electron chi connectivity index (χ4n) is 4.59. The standard InChI is InChI=1S/C26H24ClN3O3/c1-16-6-4-5-7-21(16)30-23(17-8-12-19(13-9-17)28(2)3)22-24(33-30)26(32)29(25(22)31)20-14-10-18(27)11-15-20/h4-15,22-24H,1-3H3/t22-,23-,24-/m0/s1. The van der Waals surface area contributed by atoms with Crippen LogP contribution in [-0.4, -0.2) is 32.0 Å². The second-order valence-electron chi connectivity index (χ2n) is 8.58. The topological polar surface area (TPSA) is 53.1 Å². The summed E-state index contributed by atoms with van der Waals surface area (Å²) in [5, 5.41) is 2.28. The van der Waals surface area contributed by atoms with Gasteiger partial charge in [-0.3, -0.25) is 14.4 Å². The van der Waals surface area contributed by atoms with Gasteiger partial charge >= 0.3 is 0 Å². The highest BCUT2D eigenvalue weighted by Gasteiger charge is 2.60. The first kappa shape index (κ1) is 21.5. The molecule has 168 valence electrons. The summed E-state index contributed by atoms with van der Waals surface area (Å²) < 4.78 is 0. The number of carbonyl (C=O) groups excluding carboxylic acids is 2. The number of rotatable bonds is 4. The maximum absolute atomic E-state index is 13.7. The molecule has 0 spiro atoms. The van der Waals surface area contributed by atoms with Gasteiger partial charge in [-0.05, 0) is 60.5 Å².